The minimum absolute atomic E-state index is 0.0240. The van der Waals surface area contributed by atoms with Crippen molar-refractivity contribution in [1.82, 2.24) is 19.8 Å². The van der Waals surface area contributed by atoms with Gasteiger partial charge in [0.2, 0.25) is 17.7 Å². The van der Waals surface area contributed by atoms with Crippen LogP contribution >= 0.6 is 0 Å². The predicted octanol–water partition coefficient (Wildman–Crippen LogP) is 1.10. The second-order valence-corrected chi connectivity index (χ2v) is 6.49. The molecule has 0 bridgehead atoms. The quantitative estimate of drug-likeness (QED) is 0.829. The topological polar surface area (TPSA) is 75.6 Å². The first kappa shape index (κ1) is 16.7. The van der Waals surface area contributed by atoms with Crippen LogP contribution in [0.15, 0.2) is 18.6 Å². The Bertz CT molecular complexity index is 572. The molecule has 0 N–H and O–H groups in total. The number of rotatable bonds is 3. The molecule has 2 amide bonds. The SMILES string of the molecule is CC(=O)N1CCC(C(=O)N2CCCC(Oc3cnccn3)C2)CC1. The van der Waals surface area contributed by atoms with Crippen LogP contribution in [0.5, 0.6) is 5.88 Å². The van der Waals surface area contributed by atoms with Gasteiger partial charge in [-0.25, -0.2) is 4.98 Å². The third-order valence-electron chi connectivity index (χ3n) is 4.81. The number of aromatic nitrogens is 2. The van der Waals surface area contributed by atoms with Crippen molar-refractivity contribution in [2.75, 3.05) is 26.2 Å². The van der Waals surface area contributed by atoms with Gasteiger partial charge in [-0.2, -0.15) is 0 Å². The summed E-state index contributed by atoms with van der Waals surface area (Å²) in [6.45, 7) is 4.33. The Labute approximate surface area is 142 Å². The lowest BCUT2D eigenvalue weighted by atomic mass is 9.94. The molecule has 0 radical (unpaired) electrons. The molecule has 1 atom stereocenters. The lowest BCUT2D eigenvalue weighted by molar-refractivity contribution is -0.142. The van der Waals surface area contributed by atoms with E-state index in [1.54, 1.807) is 25.5 Å². The number of likely N-dealkylation sites (tertiary alicyclic amines) is 2. The third-order valence-corrected chi connectivity index (χ3v) is 4.81. The molecule has 2 aliphatic rings. The molecule has 2 fully saturated rings. The number of amides is 2. The molecule has 3 heterocycles. The highest BCUT2D eigenvalue weighted by Gasteiger charge is 2.32. The normalized spacial score (nSPS) is 22.3. The van der Waals surface area contributed by atoms with Gasteiger partial charge in [0.05, 0.1) is 12.7 Å². The summed E-state index contributed by atoms with van der Waals surface area (Å²) >= 11 is 0. The van der Waals surface area contributed by atoms with E-state index in [0.29, 0.717) is 25.5 Å². The summed E-state index contributed by atoms with van der Waals surface area (Å²) in [6.07, 6.45) is 8.14. The number of nitrogens with zero attached hydrogens (tertiary/aromatic N) is 4. The summed E-state index contributed by atoms with van der Waals surface area (Å²) in [5.41, 5.74) is 0. The number of piperidine rings is 2. The molecule has 1 unspecified atom stereocenters. The van der Waals surface area contributed by atoms with Gasteiger partial charge in [-0.05, 0) is 25.7 Å². The summed E-state index contributed by atoms with van der Waals surface area (Å²) in [7, 11) is 0. The minimum Gasteiger partial charge on any atom is -0.471 e. The van der Waals surface area contributed by atoms with Crippen molar-refractivity contribution >= 4 is 11.8 Å². The van der Waals surface area contributed by atoms with E-state index in [1.807, 2.05) is 9.80 Å². The van der Waals surface area contributed by atoms with Gasteiger partial charge in [0.25, 0.3) is 0 Å². The zero-order valence-corrected chi connectivity index (χ0v) is 14.1. The van der Waals surface area contributed by atoms with Crippen molar-refractivity contribution in [2.24, 2.45) is 5.92 Å². The molecule has 7 heteroatoms. The van der Waals surface area contributed by atoms with Crippen LogP contribution < -0.4 is 4.74 Å². The average Bonchev–Trinajstić information content (AvgIpc) is 2.62. The summed E-state index contributed by atoms with van der Waals surface area (Å²) in [5, 5.41) is 0. The van der Waals surface area contributed by atoms with Crippen LogP contribution in [0.4, 0.5) is 0 Å². The number of carbonyl (C=O) groups excluding carboxylic acids is 2. The Morgan fingerprint density at radius 3 is 2.58 bits per heavy atom. The second-order valence-electron chi connectivity index (χ2n) is 6.49. The molecular weight excluding hydrogens is 308 g/mol. The molecular formula is C17H24N4O3. The molecule has 24 heavy (non-hydrogen) atoms. The standard InChI is InChI=1S/C17H24N4O3/c1-13(22)20-9-4-14(5-10-20)17(23)21-8-2-3-15(12-21)24-16-11-18-6-7-19-16/h6-7,11,14-15H,2-5,8-10,12H2,1H3. The molecule has 0 saturated carbocycles. The Balaban J connectivity index is 1.53. The molecule has 2 saturated heterocycles. The van der Waals surface area contributed by atoms with Crippen LogP contribution in [0.2, 0.25) is 0 Å². The smallest absolute Gasteiger partial charge is 0.232 e. The van der Waals surface area contributed by atoms with Gasteiger partial charge in [-0.15, -0.1) is 0 Å². The first-order valence-corrected chi connectivity index (χ1v) is 8.60. The van der Waals surface area contributed by atoms with E-state index in [1.165, 1.54) is 0 Å². The lowest BCUT2D eigenvalue weighted by Crippen LogP contribution is -2.49. The molecule has 3 rings (SSSR count). The maximum absolute atomic E-state index is 12.8. The third kappa shape index (κ3) is 4.01. The molecule has 130 valence electrons. The highest BCUT2D eigenvalue weighted by Crippen LogP contribution is 2.23. The fourth-order valence-corrected chi connectivity index (χ4v) is 3.45. The van der Waals surface area contributed by atoms with Crippen molar-refractivity contribution in [2.45, 2.75) is 38.7 Å². The Hall–Kier alpha value is -2.18. The summed E-state index contributed by atoms with van der Waals surface area (Å²) in [4.78, 5) is 36.0. The first-order valence-electron chi connectivity index (χ1n) is 8.60. The Morgan fingerprint density at radius 1 is 1.12 bits per heavy atom. The van der Waals surface area contributed by atoms with Crippen LogP contribution in [0.25, 0.3) is 0 Å². The van der Waals surface area contributed by atoms with E-state index in [-0.39, 0.29) is 23.8 Å². The van der Waals surface area contributed by atoms with Gasteiger partial charge in [0.15, 0.2) is 0 Å². The molecule has 1 aromatic rings. The zero-order valence-electron chi connectivity index (χ0n) is 14.1. The highest BCUT2D eigenvalue weighted by atomic mass is 16.5. The van der Waals surface area contributed by atoms with E-state index < -0.39 is 0 Å². The summed E-state index contributed by atoms with van der Waals surface area (Å²) in [5.74, 6) is 0.824. The number of carbonyl (C=O) groups is 2. The monoisotopic (exact) mass is 332 g/mol. The number of ether oxygens (including phenoxy) is 1. The summed E-state index contributed by atoms with van der Waals surface area (Å²) in [6, 6.07) is 0. The number of hydrogen-bond donors (Lipinski definition) is 0. The fraction of sp³-hybridized carbons (Fsp3) is 0.647. The minimum atomic E-state index is -0.0308. The van der Waals surface area contributed by atoms with Crippen molar-refractivity contribution < 1.29 is 14.3 Å². The second kappa shape index (κ2) is 7.59. The van der Waals surface area contributed by atoms with E-state index >= 15 is 0 Å². The van der Waals surface area contributed by atoms with Crippen molar-refractivity contribution in [3.8, 4) is 5.88 Å². The van der Waals surface area contributed by atoms with Gasteiger partial charge >= 0.3 is 0 Å². The van der Waals surface area contributed by atoms with Gasteiger partial charge in [-0.1, -0.05) is 0 Å². The van der Waals surface area contributed by atoms with Crippen molar-refractivity contribution in [3.05, 3.63) is 18.6 Å². The fourth-order valence-electron chi connectivity index (χ4n) is 3.45. The molecule has 0 aromatic carbocycles. The largest absolute Gasteiger partial charge is 0.471 e. The predicted molar refractivity (Wildman–Crippen MR) is 87.2 cm³/mol. The van der Waals surface area contributed by atoms with Crippen molar-refractivity contribution in [1.29, 1.82) is 0 Å². The van der Waals surface area contributed by atoms with E-state index in [0.717, 1.165) is 32.2 Å². The van der Waals surface area contributed by atoms with E-state index in [2.05, 4.69) is 9.97 Å². The average molecular weight is 332 g/mol. The molecule has 1 aromatic heterocycles. The van der Waals surface area contributed by atoms with Crippen molar-refractivity contribution in [3.63, 3.8) is 0 Å². The van der Waals surface area contributed by atoms with Crippen LogP contribution in [-0.4, -0.2) is 63.9 Å². The maximum Gasteiger partial charge on any atom is 0.232 e. The van der Waals surface area contributed by atoms with E-state index in [4.69, 9.17) is 4.74 Å². The van der Waals surface area contributed by atoms with Gasteiger partial charge in [0, 0.05) is 44.9 Å². The molecule has 2 aliphatic heterocycles. The van der Waals surface area contributed by atoms with Crippen LogP contribution in [-0.2, 0) is 9.59 Å². The Morgan fingerprint density at radius 2 is 1.92 bits per heavy atom. The zero-order chi connectivity index (χ0) is 16.9. The molecule has 0 aliphatic carbocycles. The summed E-state index contributed by atoms with van der Waals surface area (Å²) < 4.78 is 5.85. The van der Waals surface area contributed by atoms with Gasteiger partial charge in [-0.3, -0.25) is 14.6 Å². The Kier molecular flexibility index (Phi) is 5.27. The van der Waals surface area contributed by atoms with Crippen LogP contribution in [0.3, 0.4) is 0 Å². The number of hydrogen-bond acceptors (Lipinski definition) is 5. The van der Waals surface area contributed by atoms with Crippen LogP contribution in [0.1, 0.15) is 32.6 Å². The van der Waals surface area contributed by atoms with E-state index in [9.17, 15) is 9.59 Å². The lowest BCUT2D eigenvalue weighted by Gasteiger charge is -2.37. The maximum atomic E-state index is 12.8. The highest BCUT2D eigenvalue weighted by molar-refractivity contribution is 5.80. The van der Waals surface area contributed by atoms with Gasteiger partial charge in [0.1, 0.15) is 6.10 Å². The van der Waals surface area contributed by atoms with Crippen LogP contribution in [0, 0.1) is 5.92 Å². The van der Waals surface area contributed by atoms with Gasteiger partial charge < -0.3 is 14.5 Å². The molecule has 7 nitrogen and oxygen atoms in total. The first-order chi connectivity index (χ1) is 11.6. The molecule has 0 spiro atoms.